The standard InChI is InChI=1S/C17H20ClN3O3/c1-2-16(22)21-5-6-24-10-15(21)12-7-11(8-13(18)9-12)14-3-4-19-17(23)20-14/h2,7-9,14-15H,1,3-6,10H2,(H2,19,20,23)/t14?,15-/m0/s1. The fourth-order valence-corrected chi connectivity index (χ4v) is 3.40. The lowest BCUT2D eigenvalue weighted by atomic mass is 9.96. The van der Waals surface area contributed by atoms with E-state index in [4.69, 9.17) is 16.3 Å². The summed E-state index contributed by atoms with van der Waals surface area (Å²) in [5.74, 6) is -0.125. The molecule has 1 aromatic rings. The SMILES string of the molecule is C=CC(=O)N1CCOC[C@H]1c1cc(Cl)cc(C2CCNC(=O)N2)c1. The van der Waals surface area contributed by atoms with Crippen molar-refractivity contribution in [1.82, 2.24) is 15.5 Å². The Morgan fingerprint density at radius 2 is 2.17 bits per heavy atom. The van der Waals surface area contributed by atoms with E-state index >= 15 is 0 Å². The summed E-state index contributed by atoms with van der Waals surface area (Å²) in [5, 5.41) is 6.21. The van der Waals surface area contributed by atoms with Crippen molar-refractivity contribution in [3.05, 3.63) is 47.0 Å². The molecule has 3 rings (SSSR count). The van der Waals surface area contributed by atoms with Crippen LogP contribution in [0.5, 0.6) is 0 Å². The van der Waals surface area contributed by atoms with Crippen LogP contribution in [0.25, 0.3) is 0 Å². The molecule has 3 amide bonds. The van der Waals surface area contributed by atoms with Gasteiger partial charge in [0.25, 0.3) is 0 Å². The van der Waals surface area contributed by atoms with E-state index in [0.717, 1.165) is 17.5 Å². The molecule has 2 fully saturated rings. The molecule has 2 N–H and O–H groups in total. The van der Waals surface area contributed by atoms with E-state index in [0.29, 0.717) is 31.3 Å². The molecule has 0 saturated carbocycles. The van der Waals surface area contributed by atoms with Gasteiger partial charge in [-0.15, -0.1) is 0 Å². The van der Waals surface area contributed by atoms with Gasteiger partial charge in [-0.05, 0) is 35.8 Å². The average molecular weight is 350 g/mol. The number of halogens is 1. The summed E-state index contributed by atoms with van der Waals surface area (Å²) < 4.78 is 5.55. The number of morpholine rings is 1. The molecule has 1 unspecified atom stereocenters. The zero-order chi connectivity index (χ0) is 17.1. The molecule has 128 valence electrons. The zero-order valence-corrected chi connectivity index (χ0v) is 14.0. The van der Waals surface area contributed by atoms with E-state index in [1.807, 2.05) is 18.2 Å². The summed E-state index contributed by atoms with van der Waals surface area (Å²) in [6.45, 7) is 5.62. The van der Waals surface area contributed by atoms with Crippen molar-refractivity contribution in [3.63, 3.8) is 0 Å². The molecule has 0 spiro atoms. The minimum Gasteiger partial charge on any atom is -0.377 e. The molecule has 0 radical (unpaired) electrons. The van der Waals surface area contributed by atoms with Gasteiger partial charge in [-0.3, -0.25) is 4.79 Å². The minimum atomic E-state index is -0.209. The van der Waals surface area contributed by atoms with Gasteiger partial charge in [0.1, 0.15) is 0 Å². The van der Waals surface area contributed by atoms with Crippen molar-refractivity contribution in [3.8, 4) is 0 Å². The van der Waals surface area contributed by atoms with Crippen molar-refractivity contribution >= 4 is 23.5 Å². The van der Waals surface area contributed by atoms with Crippen molar-refractivity contribution < 1.29 is 14.3 Å². The molecule has 7 heteroatoms. The summed E-state index contributed by atoms with van der Waals surface area (Å²) >= 11 is 6.29. The van der Waals surface area contributed by atoms with Gasteiger partial charge in [-0.25, -0.2) is 4.79 Å². The van der Waals surface area contributed by atoms with Crippen molar-refractivity contribution in [2.75, 3.05) is 26.3 Å². The Labute approximate surface area is 145 Å². The Morgan fingerprint density at radius 1 is 1.38 bits per heavy atom. The molecule has 2 aliphatic heterocycles. The number of hydrogen-bond donors (Lipinski definition) is 2. The Kier molecular flexibility index (Phi) is 5.06. The molecule has 6 nitrogen and oxygen atoms in total. The Bertz CT molecular complexity index is 664. The fraction of sp³-hybridized carbons (Fsp3) is 0.412. The van der Waals surface area contributed by atoms with Crippen molar-refractivity contribution in [1.29, 1.82) is 0 Å². The van der Waals surface area contributed by atoms with Crippen LogP contribution < -0.4 is 10.6 Å². The highest BCUT2D eigenvalue weighted by atomic mass is 35.5. The lowest BCUT2D eigenvalue weighted by Gasteiger charge is -2.36. The summed E-state index contributed by atoms with van der Waals surface area (Å²) in [4.78, 5) is 25.4. The average Bonchev–Trinajstić information content (AvgIpc) is 2.60. The number of benzene rings is 1. The molecule has 2 heterocycles. The van der Waals surface area contributed by atoms with Gasteiger partial charge >= 0.3 is 6.03 Å². The maximum atomic E-state index is 12.1. The number of carbonyl (C=O) groups excluding carboxylic acids is 2. The molecule has 2 saturated heterocycles. The lowest BCUT2D eigenvalue weighted by molar-refractivity contribution is -0.134. The summed E-state index contributed by atoms with van der Waals surface area (Å²) in [6, 6.07) is 5.20. The molecule has 0 aromatic heterocycles. The third kappa shape index (κ3) is 3.55. The van der Waals surface area contributed by atoms with Gasteiger partial charge in [0.05, 0.1) is 25.3 Å². The maximum absolute atomic E-state index is 12.1. The summed E-state index contributed by atoms with van der Waals surface area (Å²) in [6.07, 6.45) is 2.10. The maximum Gasteiger partial charge on any atom is 0.315 e. The number of nitrogens with zero attached hydrogens (tertiary/aromatic N) is 1. The highest BCUT2D eigenvalue weighted by Crippen LogP contribution is 2.31. The van der Waals surface area contributed by atoms with Crippen LogP contribution >= 0.6 is 11.6 Å². The van der Waals surface area contributed by atoms with Crippen LogP contribution in [0.2, 0.25) is 5.02 Å². The van der Waals surface area contributed by atoms with Gasteiger partial charge in [-0.2, -0.15) is 0 Å². The predicted molar refractivity (Wildman–Crippen MR) is 90.8 cm³/mol. The molecular weight excluding hydrogens is 330 g/mol. The van der Waals surface area contributed by atoms with Gasteiger partial charge in [0, 0.05) is 18.1 Å². The van der Waals surface area contributed by atoms with E-state index < -0.39 is 0 Å². The first-order valence-corrected chi connectivity index (χ1v) is 8.32. The van der Waals surface area contributed by atoms with Crippen LogP contribution in [0.1, 0.15) is 29.6 Å². The minimum absolute atomic E-state index is 0.0933. The molecular formula is C17H20ClN3O3. The second-order valence-electron chi connectivity index (χ2n) is 5.89. The van der Waals surface area contributed by atoms with Crippen molar-refractivity contribution in [2.24, 2.45) is 0 Å². The topological polar surface area (TPSA) is 70.7 Å². The number of hydrogen-bond acceptors (Lipinski definition) is 3. The largest absolute Gasteiger partial charge is 0.377 e. The summed E-state index contributed by atoms with van der Waals surface area (Å²) in [5.41, 5.74) is 1.84. The number of carbonyl (C=O) groups is 2. The first-order chi connectivity index (χ1) is 11.6. The predicted octanol–water partition coefficient (Wildman–Crippen LogP) is 2.17. The van der Waals surface area contributed by atoms with Crippen LogP contribution in [0, 0.1) is 0 Å². The number of nitrogens with one attached hydrogen (secondary N) is 2. The molecule has 24 heavy (non-hydrogen) atoms. The van der Waals surface area contributed by atoms with E-state index in [9.17, 15) is 9.59 Å². The van der Waals surface area contributed by atoms with Gasteiger partial charge < -0.3 is 20.3 Å². The van der Waals surface area contributed by atoms with E-state index in [2.05, 4.69) is 17.2 Å². The molecule has 2 aliphatic rings. The van der Waals surface area contributed by atoms with Crippen LogP contribution in [0.3, 0.4) is 0 Å². The fourth-order valence-electron chi connectivity index (χ4n) is 3.15. The van der Waals surface area contributed by atoms with Crippen LogP contribution in [-0.2, 0) is 9.53 Å². The Hall–Kier alpha value is -2.05. The number of rotatable bonds is 3. The number of amides is 3. The third-order valence-corrected chi connectivity index (χ3v) is 4.56. The number of ether oxygens (including phenoxy) is 1. The van der Waals surface area contributed by atoms with Crippen LogP contribution in [0.4, 0.5) is 4.79 Å². The molecule has 0 bridgehead atoms. The van der Waals surface area contributed by atoms with E-state index in [1.54, 1.807) is 4.90 Å². The highest BCUT2D eigenvalue weighted by Gasteiger charge is 2.29. The van der Waals surface area contributed by atoms with Crippen LogP contribution in [0.15, 0.2) is 30.9 Å². The summed E-state index contributed by atoms with van der Waals surface area (Å²) in [7, 11) is 0. The molecule has 1 aromatic carbocycles. The zero-order valence-electron chi connectivity index (χ0n) is 13.3. The first-order valence-electron chi connectivity index (χ1n) is 7.94. The second-order valence-corrected chi connectivity index (χ2v) is 6.32. The Morgan fingerprint density at radius 3 is 2.92 bits per heavy atom. The number of urea groups is 1. The normalized spacial score (nSPS) is 24.0. The highest BCUT2D eigenvalue weighted by molar-refractivity contribution is 6.30. The van der Waals surface area contributed by atoms with Crippen molar-refractivity contribution in [2.45, 2.75) is 18.5 Å². The molecule has 0 aliphatic carbocycles. The molecule has 2 atom stereocenters. The van der Waals surface area contributed by atoms with E-state index in [-0.39, 0.29) is 24.0 Å². The lowest BCUT2D eigenvalue weighted by Crippen LogP contribution is -2.45. The van der Waals surface area contributed by atoms with E-state index in [1.165, 1.54) is 6.08 Å². The Balaban J connectivity index is 1.90. The quantitative estimate of drug-likeness (QED) is 0.822. The van der Waals surface area contributed by atoms with Gasteiger partial charge in [-0.1, -0.05) is 24.2 Å². The van der Waals surface area contributed by atoms with Gasteiger partial charge in [0.15, 0.2) is 0 Å². The third-order valence-electron chi connectivity index (χ3n) is 4.34. The van der Waals surface area contributed by atoms with Gasteiger partial charge in [0.2, 0.25) is 5.91 Å². The smallest absolute Gasteiger partial charge is 0.315 e. The first kappa shape index (κ1) is 16.8. The monoisotopic (exact) mass is 349 g/mol. The van der Waals surface area contributed by atoms with Crippen LogP contribution in [-0.4, -0.2) is 43.1 Å². The second kappa shape index (κ2) is 7.23.